The Morgan fingerprint density at radius 3 is 1.93 bits per heavy atom. The number of carbonyl (C=O) groups is 2. The van der Waals surface area contributed by atoms with Crippen molar-refractivity contribution in [1.29, 1.82) is 0 Å². The summed E-state index contributed by atoms with van der Waals surface area (Å²) < 4.78 is 5.34. The number of rotatable bonds is 6. The van der Waals surface area contributed by atoms with Crippen molar-refractivity contribution in [3.8, 4) is 0 Å². The van der Waals surface area contributed by atoms with E-state index in [0.717, 1.165) is 16.0 Å². The molecule has 2 aromatic carbocycles. The van der Waals surface area contributed by atoms with Crippen molar-refractivity contribution in [3.63, 3.8) is 0 Å². The molecule has 0 aliphatic carbocycles. The first-order chi connectivity index (χ1) is 13.0. The third-order valence-corrected chi connectivity index (χ3v) is 5.13. The van der Waals surface area contributed by atoms with E-state index in [-0.39, 0.29) is 11.9 Å². The largest absolute Gasteiger partial charge is 0.448 e. The molecule has 1 aromatic heterocycles. The van der Waals surface area contributed by atoms with Crippen LogP contribution in [0.5, 0.6) is 0 Å². The summed E-state index contributed by atoms with van der Waals surface area (Å²) in [5, 5.41) is 3.00. The molecule has 0 radical (unpaired) electrons. The van der Waals surface area contributed by atoms with Gasteiger partial charge in [-0.25, -0.2) is 4.79 Å². The highest BCUT2D eigenvalue weighted by Crippen LogP contribution is 2.22. The minimum absolute atomic E-state index is 0.315. The van der Waals surface area contributed by atoms with Crippen LogP contribution in [0.3, 0.4) is 0 Å². The lowest BCUT2D eigenvalue weighted by atomic mass is 9.98. The lowest BCUT2D eigenvalue weighted by molar-refractivity contribution is -0.129. The number of amides is 1. The SMILES string of the molecule is Cc1ccc(C(=O)O[C@H](C)C(=O)NC(c2ccccc2)c2ccccc2)s1. The molecule has 1 atom stereocenters. The highest BCUT2D eigenvalue weighted by atomic mass is 32.1. The van der Waals surface area contributed by atoms with Gasteiger partial charge in [-0.2, -0.15) is 0 Å². The molecular weight excluding hydrogens is 358 g/mol. The Bertz CT molecular complexity index is 866. The number of ether oxygens (including phenoxy) is 1. The molecule has 3 aromatic rings. The Morgan fingerprint density at radius 2 is 1.44 bits per heavy atom. The van der Waals surface area contributed by atoms with Crippen molar-refractivity contribution in [2.45, 2.75) is 26.0 Å². The molecule has 0 saturated heterocycles. The fourth-order valence-corrected chi connectivity index (χ4v) is 3.48. The first-order valence-corrected chi connectivity index (χ1v) is 9.54. The zero-order valence-corrected chi connectivity index (χ0v) is 16.0. The molecule has 4 nitrogen and oxygen atoms in total. The second-order valence-corrected chi connectivity index (χ2v) is 7.51. The Morgan fingerprint density at radius 1 is 0.889 bits per heavy atom. The first-order valence-electron chi connectivity index (χ1n) is 8.72. The van der Waals surface area contributed by atoms with Gasteiger partial charge in [-0.05, 0) is 37.1 Å². The molecule has 0 unspecified atom stereocenters. The predicted octanol–water partition coefficient (Wildman–Crippen LogP) is 4.51. The maximum atomic E-state index is 12.7. The maximum absolute atomic E-state index is 12.7. The number of hydrogen-bond donors (Lipinski definition) is 1. The molecule has 1 amide bonds. The monoisotopic (exact) mass is 379 g/mol. The van der Waals surface area contributed by atoms with Crippen molar-refractivity contribution < 1.29 is 14.3 Å². The number of hydrogen-bond acceptors (Lipinski definition) is 4. The smallest absolute Gasteiger partial charge is 0.349 e. The third kappa shape index (κ3) is 4.83. The van der Waals surface area contributed by atoms with Crippen LogP contribution in [0.2, 0.25) is 0 Å². The highest BCUT2D eigenvalue weighted by Gasteiger charge is 2.24. The molecule has 138 valence electrons. The van der Waals surface area contributed by atoms with E-state index in [2.05, 4.69) is 5.32 Å². The van der Waals surface area contributed by atoms with Gasteiger partial charge in [-0.1, -0.05) is 60.7 Å². The summed E-state index contributed by atoms with van der Waals surface area (Å²) in [5.74, 6) is -0.818. The summed E-state index contributed by atoms with van der Waals surface area (Å²) in [6, 6.07) is 22.7. The van der Waals surface area contributed by atoms with Gasteiger partial charge < -0.3 is 10.1 Å². The van der Waals surface area contributed by atoms with Crippen LogP contribution in [-0.2, 0) is 9.53 Å². The van der Waals surface area contributed by atoms with Crippen LogP contribution in [-0.4, -0.2) is 18.0 Å². The fourth-order valence-electron chi connectivity index (χ4n) is 2.73. The van der Waals surface area contributed by atoms with Crippen LogP contribution in [0.15, 0.2) is 72.8 Å². The van der Waals surface area contributed by atoms with E-state index in [4.69, 9.17) is 4.74 Å². The zero-order valence-electron chi connectivity index (χ0n) is 15.2. The summed E-state index contributed by atoms with van der Waals surface area (Å²) >= 11 is 1.35. The average Bonchev–Trinajstić information content (AvgIpc) is 3.13. The minimum Gasteiger partial charge on any atom is -0.448 e. The van der Waals surface area contributed by atoms with E-state index in [1.165, 1.54) is 11.3 Å². The van der Waals surface area contributed by atoms with E-state index in [0.29, 0.717) is 4.88 Å². The van der Waals surface area contributed by atoms with Crippen LogP contribution in [0, 0.1) is 6.92 Å². The van der Waals surface area contributed by atoms with Gasteiger partial charge in [0.25, 0.3) is 5.91 Å². The van der Waals surface area contributed by atoms with Crippen LogP contribution in [0.1, 0.15) is 38.6 Å². The van der Waals surface area contributed by atoms with Gasteiger partial charge in [-0.15, -0.1) is 11.3 Å². The van der Waals surface area contributed by atoms with E-state index in [1.54, 1.807) is 13.0 Å². The maximum Gasteiger partial charge on any atom is 0.349 e. The van der Waals surface area contributed by atoms with E-state index in [1.807, 2.05) is 73.7 Å². The molecule has 0 fully saturated rings. The lowest BCUT2D eigenvalue weighted by Gasteiger charge is -2.22. The van der Waals surface area contributed by atoms with Gasteiger partial charge >= 0.3 is 5.97 Å². The predicted molar refractivity (Wildman–Crippen MR) is 107 cm³/mol. The molecule has 27 heavy (non-hydrogen) atoms. The fraction of sp³-hybridized carbons (Fsp3) is 0.182. The van der Waals surface area contributed by atoms with Crippen molar-refractivity contribution in [3.05, 3.63) is 93.7 Å². The first kappa shape index (κ1) is 18.9. The van der Waals surface area contributed by atoms with Gasteiger partial charge in [0.05, 0.1) is 6.04 Å². The molecule has 0 bridgehead atoms. The van der Waals surface area contributed by atoms with Crippen LogP contribution in [0.4, 0.5) is 0 Å². The van der Waals surface area contributed by atoms with Gasteiger partial charge in [0.1, 0.15) is 4.88 Å². The molecule has 0 spiro atoms. The van der Waals surface area contributed by atoms with Crippen LogP contribution >= 0.6 is 11.3 Å². The highest BCUT2D eigenvalue weighted by molar-refractivity contribution is 7.13. The average molecular weight is 379 g/mol. The standard InChI is InChI=1S/C22H21NO3S/c1-15-13-14-19(27-15)22(25)26-16(2)21(24)23-20(17-9-5-3-6-10-17)18-11-7-4-8-12-18/h3-14,16,20H,1-2H3,(H,23,24)/t16-/m1/s1. The van der Waals surface area contributed by atoms with E-state index in [9.17, 15) is 9.59 Å². The molecule has 5 heteroatoms. The Kier molecular flexibility index (Phi) is 6.04. The number of thiophene rings is 1. The van der Waals surface area contributed by atoms with Crippen LogP contribution < -0.4 is 5.32 Å². The Labute approximate surface area is 162 Å². The summed E-state index contributed by atoms with van der Waals surface area (Å²) in [4.78, 5) is 26.4. The zero-order chi connectivity index (χ0) is 19.2. The van der Waals surface area contributed by atoms with Gasteiger partial charge in [0.15, 0.2) is 6.10 Å². The molecular formula is C22H21NO3S. The number of nitrogens with one attached hydrogen (secondary N) is 1. The normalized spacial score (nSPS) is 11.8. The van der Waals surface area contributed by atoms with E-state index >= 15 is 0 Å². The number of aryl methyl sites for hydroxylation is 1. The summed E-state index contributed by atoms with van der Waals surface area (Å²) in [6.45, 7) is 3.50. The lowest BCUT2D eigenvalue weighted by Crippen LogP contribution is -2.38. The van der Waals surface area contributed by atoms with Crippen molar-refractivity contribution in [1.82, 2.24) is 5.32 Å². The van der Waals surface area contributed by atoms with Gasteiger partial charge in [0, 0.05) is 4.88 Å². The minimum atomic E-state index is -0.894. The van der Waals surface area contributed by atoms with Gasteiger partial charge in [-0.3, -0.25) is 4.79 Å². The summed E-state index contributed by atoms with van der Waals surface area (Å²) in [5.41, 5.74) is 1.92. The Hall–Kier alpha value is -2.92. The van der Waals surface area contributed by atoms with Crippen molar-refractivity contribution in [2.75, 3.05) is 0 Å². The molecule has 0 aliphatic heterocycles. The molecule has 0 aliphatic rings. The van der Waals surface area contributed by atoms with Gasteiger partial charge in [0.2, 0.25) is 0 Å². The molecule has 3 rings (SSSR count). The number of benzene rings is 2. The molecule has 1 heterocycles. The van der Waals surface area contributed by atoms with E-state index < -0.39 is 12.1 Å². The summed E-state index contributed by atoms with van der Waals surface area (Å²) in [6.07, 6.45) is -0.894. The topological polar surface area (TPSA) is 55.4 Å². The summed E-state index contributed by atoms with van der Waals surface area (Å²) in [7, 11) is 0. The quantitative estimate of drug-likeness (QED) is 0.641. The molecule has 0 saturated carbocycles. The second kappa shape index (κ2) is 8.64. The Balaban J connectivity index is 1.73. The van der Waals surface area contributed by atoms with Crippen molar-refractivity contribution >= 4 is 23.2 Å². The van der Waals surface area contributed by atoms with Crippen molar-refractivity contribution in [2.24, 2.45) is 0 Å². The second-order valence-electron chi connectivity index (χ2n) is 6.22. The third-order valence-electron chi connectivity index (χ3n) is 4.15. The van der Waals surface area contributed by atoms with Crippen LogP contribution in [0.25, 0.3) is 0 Å². The number of carbonyl (C=O) groups excluding carboxylic acids is 2. The number of esters is 1. The molecule has 1 N–H and O–H groups in total.